The number of anilines is 1. The molecule has 0 aromatic carbocycles. The zero-order chi connectivity index (χ0) is 20.5. The van der Waals surface area contributed by atoms with Crippen LogP contribution in [0.1, 0.15) is 34.2 Å². The Morgan fingerprint density at radius 2 is 2.07 bits per heavy atom. The van der Waals surface area contributed by atoms with Gasteiger partial charge in [0.05, 0.1) is 17.4 Å². The van der Waals surface area contributed by atoms with Crippen LogP contribution in [0, 0.1) is 6.92 Å². The number of aryl methyl sites for hydroxylation is 2. The van der Waals surface area contributed by atoms with Gasteiger partial charge >= 0.3 is 0 Å². The summed E-state index contributed by atoms with van der Waals surface area (Å²) in [5.74, 6) is -0.182. The van der Waals surface area contributed by atoms with Gasteiger partial charge in [0, 0.05) is 50.2 Å². The fourth-order valence-electron chi connectivity index (χ4n) is 3.75. The van der Waals surface area contributed by atoms with Crippen LogP contribution in [-0.4, -0.2) is 51.4 Å². The third kappa shape index (κ3) is 3.75. The molecule has 1 saturated heterocycles. The Kier molecular flexibility index (Phi) is 5.10. The van der Waals surface area contributed by atoms with Crippen molar-refractivity contribution in [1.29, 1.82) is 0 Å². The number of carbonyl (C=O) groups excluding carboxylic acids is 1. The summed E-state index contributed by atoms with van der Waals surface area (Å²) in [6.45, 7) is 6.50. The number of rotatable bonds is 6. The standard InChI is InChI=1S/C21H26N6O2/c1-4-14-10-27-8-7-15(19(27)25-20(14)28)9-26-11-16(12-26)24-17-5-6-18(21(29)22-3)23-13(17)2/h5-8,10,16,24H,4,9,11-12H2,1-3H3,(H,22,29)(H,25,28). The molecule has 3 aromatic rings. The monoisotopic (exact) mass is 394 g/mol. The minimum atomic E-state index is -0.182. The molecule has 1 aliphatic heterocycles. The summed E-state index contributed by atoms with van der Waals surface area (Å²) < 4.78 is 1.99. The normalized spacial score (nSPS) is 14.7. The number of aromatic amines is 1. The molecule has 0 aliphatic carbocycles. The quantitative estimate of drug-likeness (QED) is 0.590. The number of nitrogens with zero attached hydrogens (tertiary/aromatic N) is 3. The van der Waals surface area contributed by atoms with Crippen LogP contribution in [0.5, 0.6) is 0 Å². The molecular formula is C21H26N6O2. The van der Waals surface area contributed by atoms with E-state index in [0.717, 1.165) is 54.2 Å². The first-order chi connectivity index (χ1) is 14.0. The predicted octanol–water partition coefficient (Wildman–Crippen LogP) is 1.55. The minimum Gasteiger partial charge on any atom is -0.378 e. The van der Waals surface area contributed by atoms with Gasteiger partial charge in [0.2, 0.25) is 0 Å². The number of nitrogens with one attached hydrogen (secondary N) is 3. The maximum absolute atomic E-state index is 12.1. The van der Waals surface area contributed by atoms with Gasteiger partial charge in [-0.2, -0.15) is 0 Å². The highest BCUT2D eigenvalue weighted by Gasteiger charge is 2.27. The van der Waals surface area contributed by atoms with E-state index in [1.165, 1.54) is 0 Å². The number of hydrogen-bond acceptors (Lipinski definition) is 5. The van der Waals surface area contributed by atoms with Gasteiger partial charge in [0.1, 0.15) is 11.3 Å². The van der Waals surface area contributed by atoms with Gasteiger partial charge in [-0.15, -0.1) is 0 Å². The summed E-state index contributed by atoms with van der Waals surface area (Å²) in [5, 5.41) is 6.09. The van der Waals surface area contributed by atoms with E-state index in [4.69, 9.17) is 0 Å². The van der Waals surface area contributed by atoms with Gasteiger partial charge in [-0.05, 0) is 31.5 Å². The van der Waals surface area contributed by atoms with Crippen LogP contribution in [0.25, 0.3) is 5.65 Å². The van der Waals surface area contributed by atoms with E-state index in [1.807, 2.05) is 36.7 Å². The van der Waals surface area contributed by atoms with Crippen molar-refractivity contribution in [3.05, 3.63) is 63.5 Å². The first-order valence-electron chi connectivity index (χ1n) is 9.88. The molecule has 4 heterocycles. The molecule has 0 saturated carbocycles. The Hall–Kier alpha value is -3.13. The number of fused-ring (bicyclic) bond motifs is 1. The Bertz CT molecular complexity index is 1110. The third-order valence-corrected chi connectivity index (χ3v) is 5.45. The van der Waals surface area contributed by atoms with E-state index >= 15 is 0 Å². The van der Waals surface area contributed by atoms with Crippen molar-refractivity contribution in [2.75, 3.05) is 25.5 Å². The molecule has 0 atom stereocenters. The Labute approximate surface area is 169 Å². The SMILES string of the molecule is CCc1cn2ccc(CN3CC(Nc4ccc(C(=O)NC)nc4C)C3)c2[nH]c1=O. The van der Waals surface area contributed by atoms with Crippen molar-refractivity contribution in [2.24, 2.45) is 0 Å². The zero-order valence-corrected chi connectivity index (χ0v) is 17.0. The second-order valence-electron chi connectivity index (χ2n) is 7.50. The van der Waals surface area contributed by atoms with Crippen LogP contribution in [0.2, 0.25) is 0 Å². The predicted molar refractivity (Wildman–Crippen MR) is 112 cm³/mol. The van der Waals surface area contributed by atoms with Crippen LogP contribution in [0.4, 0.5) is 5.69 Å². The van der Waals surface area contributed by atoms with Crippen molar-refractivity contribution in [2.45, 2.75) is 32.9 Å². The molecule has 8 heteroatoms. The highest BCUT2D eigenvalue weighted by Crippen LogP contribution is 2.21. The average Bonchev–Trinajstić information content (AvgIpc) is 3.07. The number of aromatic nitrogens is 3. The molecule has 1 fully saturated rings. The average molecular weight is 394 g/mol. The minimum absolute atomic E-state index is 0.00807. The number of pyridine rings is 1. The lowest BCUT2D eigenvalue weighted by Crippen LogP contribution is -2.54. The third-order valence-electron chi connectivity index (χ3n) is 5.45. The van der Waals surface area contributed by atoms with Crippen molar-refractivity contribution in [3.8, 4) is 0 Å². The van der Waals surface area contributed by atoms with Gasteiger partial charge in [-0.25, -0.2) is 4.98 Å². The maximum atomic E-state index is 12.1. The number of carbonyl (C=O) groups is 1. The summed E-state index contributed by atoms with van der Waals surface area (Å²) >= 11 is 0. The first kappa shape index (κ1) is 19.2. The molecule has 152 valence electrons. The fraction of sp³-hybridized carbons (Fsp3) is 0.381. The number of likely N-dealkylation sites (tertiary alicyclic amines) is 1. The fourth-order valence-corrected chi connectivity index (χ4v) is 3.75. The molecular weight excluding hydrogens is 368 g/mol. The van der Waals surface area contributed by atoms with Gasteiger partial charge in [-0.3, -0.25) is 14.5 Å². The molecule has 4 rings (SSSR count). The van der Waals surface area contributed by atoms with Gasteiger partial charge in [0.25, 0.3) is 11.5 Å². The lowest BCUT2D eigenvalue weighted by Gasteiger charge is -2.40. The summed E-state index contributed by atoms with van der Waals surface area (Å²) in [4.78, 5) is 33.5. The van der Waals surface area contributed by atoms with Crippen LogP contribution in [0.15, 0.2) is 35.4 Å². The topological polar surface area (TPSA) is 94.5 Å². The maximum Gasteiger partial charge on any atom is 0.269 e. The lowest BCUT2D eigenvalue weighted by atomic mass is 10.1. The summed E-state index contributed by atoms with van der Waals surface area (Å²) in [6, 6.07) is 6.05. The Balaban J connectivity index is 1.37. The number of hydrogen-bond donors (Lipinski definition) is 3. The van der Waals surface area contributed by atoms with E-state index in [1.54, 1.807) is 13.1 Å². The second-order valence-corrected chi connectivity index (χ2v) is 7.50. The van der Waals surface area contributed by atoms with Gasteiger partial charge in [-0.1, -0.05) is 6.92 Å². The number of H-pyrrole nitrogens is 1. The zero-order valence-electron chi connectivity index (χ0n) is 17.0. The van der Waals surface area contributed by atoms with Crippen LogP contribution in [0.3, 0.4) is 0 Å². The largest absolute Gasteiger partial charge is 0.378 e. The van der Waals surface area contributed by atoms with Crippen molar-refractivity contribution in [1.82, 2.24) is 24.6 Å². The summed E-state index contributed by atoms with van der Waals surface area (Å²) in [7, 11) is 1.60. The van der Waals surface area contributed by atoms with Crippen LogP contribution >= 0.6 is 0 Å². The molecule has 0 unspecified atom stereocenters. The second kappa shape index (κ2) is 7.71. The van der Waals surface area contributed by atoms with E-state index in [9.17, 15) is 9.59 Å². The van der Waals surface area contributed by atoms with Crippen LogP contribution in [-0.2, 0) is 13.0 Å². The highest BCUT2D eigenvalue weighted by atomic mass is 16.1. The molecule has 3 N–H and O–H groups in total. The molecule has 1 aliphatic rings. The molecule has 29 heavy (non-hydrogen) atoms. The van der Waals surface area contributed by atoms with Crippen molar-refractivity contribution < 1.29 is 4.79 Å². The van der Waals surface area contributed by atoms with E-state index in [-0.39, 0.29) is 11.5 Å². The number of amides is 1. The summed E-state index contributed by atoms with van der Waals surface area (Å²) in [5.41, 5.74) is 4.96. The van der Waals surface area contributed by atoms with Crippen molar-refractivity contribution in [3.63, 3.8) is 0 Å². The van der Waals surface area contributed by atoms with Gasteiger partial charge in [0.15, 0.2) is 0 Å². The van der Waals surface area contributed by atoms with E-state index in [2.05, 4.69) is 31.6 Å². The molecule has 0 radical (unpaired) electrons. The van der Waals surface area contributed by atoms with Gasteiger partial charge < -0.3 is 20.0 Å². The van der Waals surface area contributed by atoms with E-state index in [0.29, 0.717) is 11.7 Å². The smallest absolute Gasteiger partial charge is 0.269 e. The molecule has 1 amide bonds. The molecule has 3 aromatic heterocycles. The van der Waals surface area contributed by atoms with E-state index < -0.39 is 0 Å². The molecule has 0 bridgehead atoms. The van der Waals surface area contributed by atoms with Crippen LogP contribution < -0.4 is 16.2 Å². The summed E-state index contributed by atoms with van der Waals surface area (Å²) in [6.07, 6.45) is 4.63. The first-order valence-corrected chi connectivity index (χ1v) is 9.88. The Morgan fingerprint density at radius 3 is 2.76 bits per heavy atom. The molecule has 8 nitrogen and oxygen atoms in total. The Morgan fingerprint density at radius 1 is 1.28 bits per heavy atom. The molecule has 0 spiro atoms. The highest BCUT2D eigenvalue weighted by molar-refractivity contribution is 5.92. The lowest BCUT2D eigenvalue weighted by molar-refractivity contribution is 0.0958. The van der Waals surface area contributed by atoms with Crippen molar-refractivity contribution >= 4 is 17.2 Å².